The van der Waals surface area contributed by atoms with Crippen LogP contribution in [0, 0.1) is 32.1 Å². The van der Waals surface area contributed by atoms with Crippen LogP contribution in [0.15, 0.2) is 47.1 Å². The number of esters is 1. The van der Waals surface area contributed by atoms with Crippen molar-refractivity contribution in [1.82, 2.24) is 4.57 Å². The van der Waals surface area contributed by atoms with Gasteiger partial charge in [-0.1, -0.05) is 18.2 Å². The predicted molar refractivity (Wildman–Crippen MR) is 107 cm³/mol. The van der Waals surface area contributed by atoms with Crippen LogP contribution in [0.1, 0.15) is 39.7 Å². The molecule has 3 aromatic rings. The van der Waals surface area contributed by atoms with Crippen LogP contribution in [0.5, 0.6) is 0 Å². The molecule has 1 aromatic carbocycles. The maximum absolute atomic E-state index is 12.7. The highest BCUT2D eigenvalue weighted by molar-refractivity contribution is 5.99. The van der Waals surface area contributed by atoms with Crippen molar-refractivity contribution in [2.75, 3.05) is 5.32 Å². The van der Waals surface area contributed by atoms with Gasteiger partial charge in [0.25, 0.3) is 5.91 Å². The van der Waals surface area contributed by atoms with Gasteiger partial charge in [0.2, 0.25) is 5.88 Å². The standard InChI is InChI=1S/C22H21N3O4/c1-13-8-7-9-14(2)19(13)24-20(26)16(4)29-22(27)18-15(3)28-21(17(18)12-23)25-10-5-6-11-25/h5-11,16H,1-4H3,(H,24,26)/t16-/m1/s1. The molecule has 1 N–H and O–H groups in total. The van der Waals surface area contributed by atoms with Crippen LogP contribution in [-0.4, -0.2) is 22.5 Å². The third kappa shape index (κ3) is 3.92. The lowest BCUT2D eigenvalue weighted by Crippen LogP contribution is -2.30. The number of amides is 1. The van der Waals surface area contributed by atoms with E-state index < -0.39 is 18.0 Å². The molecule has 1 amide bonds. The molecule has 0 fully saturated rings. The summed E-state index contributed by atoms with van der Waals surface area (Å²) in [6, 6.07) is 11.2. The van der Waals surface area contributed by atoms with Gasteiger partial charge in [-0.3, -0.25) is 9.36 Å². The van der Waals surface area contributed by atoms with Crippen molar-refractivity contribution in [1.29, 1.82) is 5.26 Å². The van der Waals surface area contributed by atoms with E-state index in [4.69, 9.17) is 9.15 Å². The van der Waals surface area contributed by atoms with Gasteiger partial charge in [0.05, 0.1) is 0 Å². The minimum atomic E-state index is -1.06. The summed E-state index contributed by atoms with van der Waals surface area (Å²) in [5, 5.41) is 12.3. The Bertz CT molecular complexity index is 1080. The van der Waals surface area contributed by atoms with Crippen molar-refractivity contribution in [3.05, 3.63) is 70.7 Å². The second-order valence-electron chi connectivity index (χ2n) is 6.72. The second-order valence-corrected chi connectivity index (χ2v) is 6.72. The Balaban J connectivity index is 1.80. The van der Waals surface area contributed by atoms with Gasteiger partial charge in [-0.15, -0.1) is 0 Å². The Kier molecular flexibility index (Phi) is 5.55. The monoisotopic (exact) mass is 391 g/mol. The van der Waals surface area contributed by atoms with Crippen molar-refractivity contribution in [3.8, 4) is 12.0 Å². The molecule has 7 nitrogen and oxygen atoms in total. The van der Waals surface area contributed by atoms with Gasteiger partial charge in [-0.05, 0) is 51.0 Å². The molecular weight excluding hydrogens is 370 g/mol. The highest BCUT2D eigenvalue weighted by Gasteiger charge is 2.28. The third-order valence-electron chi connectivity index (χ3n) is 4.60. The highest BCUT2D eigenvalue weighted by atomic mass is 16.5. The topological polar surface area (TPSA) is 97.3 Å². The lowest BCUT2D eigenvalue weighted by molar-refractivity contribution is -0.123. The second kappa shape index (κ2) is 8.07. The van der Waals surface area contributed by atoms with Gasteiger partial charge >= 0.3 is 5.97 Å². The lowest BCUT2D eigenvalue weighted by Gasteiger charge is -2.16. The summed E-state index contributed by atoms with van der Waals surface area (Å²) in [5.41, 5.74) is 2.58. The van der Waals surface area contributed by atoms with Crippen LogP contribution in [0.2, 0.25) is 0 Å². The molecule has 0 aliphatic carbocycles. The van der Waals surface area contributed by atoms with E-state index in [2.05, 4.69) is 5.32 Å². The van der Waals surface area contributed by atoms with Gasteiger partial charge in [0.15, 0.2) is 6.10 Å². The van der Waals surface area contributed by atoms with Crippen molar-refractivity contribution in [3.63, 3.8) is 0 Å². The first kappa shape index (κ1) is 20.0. The summed E-state index contributed by atoms with van der Waals surface area (Å²) in [7, 11) is 0. The van der Waals surface area contributed by atoms with E-state index in [1.807, 2.05) is 38.1 Å². The number of nitriles is 1. The number of hydrogen-bond donors (Lipinski definition) is 1. The largest absolute Gasteiger partial charge is 0.449 e. The minimum Gasteiger partial charge on any atom is -0.449 e. The molecule has 7 heteroatoms. The maximum atomic E-state index is 12.7. The molecule has 29 heavy (non-hydrogen) atoms. The molecule has 0 aliphatic rings. The number of nitrogens with zero attached hydrogens (tertiary/aromatic N) is 2. The van der Waals surface area contributed by atoms with Gasteiger partial charge in [-0.2, -0.15) is 5.26 Å². The number of aryl methyl sites for hydroxylation is 3. The summed E-state index contributed by atoms with van der Waals surface area (Å²) in [4.78, 5) is 25.2. The lowest BCUT2D eigenvalue weighted by atomic mass is 10.1. The Labute approximate surface area is 168 Å². The molecule has 1 atom stereocenters. The van der Waals surface area contributed by atoms with Crippen LogP contribution in [0.4, 0.5) is 5.69 Å². The van der Waals surface area contributed by atoms with E-state index in [1.54, 1.807) is 36.0 Å². The average Bonchev–Trinajstić information content (AvgIpc) is 3.31. The Morgan fingerprint density at radius 3 is 2.34 bits per heavy atom. The van der Waals surface area contributed by atoms with Crippen LogP contribution in [0.3, 0.4) is 0 Å². The van der Waals surface area contributed by atoms with Gasteiger partial charge in [-0.25, -0.2) is 4.79 Å². The van der Waals surface area contributed by atoms with Gasteiger partial charge in [0.1, 0.15) is 23.0 Å². The molecule has 2 aromatic heterocycles. The summed E-state index contributed by atoms with van der Waals surface area (Å²) in [6.45, 7) is 6.83. The van der Waals surface area contributed by atoms with E-state index in [0.717, 1.165) is 11.1 Å². The van der Waals surface area contributed by atoms with Crippen molar-refractivity contribution in [2.45, 2.75) is 33.8 Å². The highest BCUT2D eigenvalue weighted by Crippen LogP contribution is 2.26. The number of nitrogens with one attached hydrogen (secondary N) is 1. The van der Waals surface area contributed by atoms with E-state index in [0.29, 0.717) is 5.69 Å². The van der Waals surface area contributed by atoms with Crippen molar-refractivity contribution in [2.24, 2.45) is 0 Å². The molecule has 0 spiro atoms. The maximum Gasteiger partial charge on any atom is 0.343 e. The Morgan fingerprint density at radius 1 is 1.14 bits per heavy atom. The van der Waals surface area contributed by atoms with Gasteiger partial charge < -0.3 is 14.5 Å². The number of benzene rings is 1. The number of ether oxygens (including phenoxy) is 1. The minimum absolute atomic E-state index is 0.0166. The molecule has 0 radical (unpaired) electrons. The normalized spacial score (nSPS) is 11.6. The molecular formula is C22H21N3O4. The van der Waals surface area contributed by atoms with E-state index in [9.17, 15) is 14.9 Å². The zero-order valence-electron chi connectivity index (χ0n) is 16.6. The number of para-hydroxylation sites is 1. The molecule has 3 rings (SSSR count). The fourth-order valence-corrected chi connectivity index (χ4v) is 3.04. The first-order valence-electron chi connectivity index (χ1n) is 9.08. The van der Waals surface area contributed by atoms with E-state index >= 15 is 0 Å². The molecule has 0 saturated heterocycles. The molecule has 148 valence electrons. The summed E-state index contributed by atoms with van der Waals surface area (Å²) in [6.07, 6.45) is 2.35. The molecule has 0 saturated carbocycles. The summed E-state index contributed by atoms with van der Waals surface area (Å²) in [5.74, 6) is -0.765. The number of carbonyl (C=O) groups excluding carboxylic acids is 2. The Morgan fingerprint density at radius 2 is 1.76 bits per heavy atom. The summed E-state index contributed by atoms with van der Waals surface area (Å²) < 4.78 is 12.5. The first-order valence-corrected chi connectivity index (χ1v) is 9.08. The van der Waals surface area contributed by atoms with Gasteiger partial charge in [0, 0.05) is 18.1 Å². The van der Waals surface area contributed by atoms with Crippen LogP contribution in [-0.2, 0) is 9.53 Å². The molecule has 0 unspecified atom stereocenters. The smallest absolute Gasteiger partial charge is 0.343 e. The predicted octanol–water partition coefficient (Wildman–Crippen LogP) is 4.05. The zero-order chi connectivity index (χ0) is 21.1. The zero-order valence-corrected chi connectivity index (χ0v) is 16.6. The first-order chi connectivity index (χ1) is 13.8. The average molecular weight is 391 g/mol. The number of anilines is 1. The van der Waals surface area contributed by atoms with Crippen molar-refractivity contribution < 1.29 is 18.7 Å². The third-order valence-corrected chi connectivity index (χ3v) is 4.60. The number of hydrogen-bond acceptors (Lipinski definition) is 5. The van der Waals surface area contributed by atoms with Crippen LogP contribution in [0.25, 0.3) is 5.88 Å². The van der Waals surface area contributed by atoms with E-state index in [1.165, 1.54) is 6.92 Å². The number of furan rings is 1. The SMILES string of the molecule is Cc1cccc(C)c1NC(=O)[C@@H](C)OC(=O)c1c(C)oc(-n2cccc2)c1C#N. The number of rotatable bonds is 5. The van der Waals surface area contributed by atoms with Crippen molar-refractivity contribution >= 4 is 17.6 Å². The fraction of sp³-hybridized carbons (Fsp3) is 0.227. The Hall–Kier alpha value is -3.79. The molecule has 0 aliphatic heterocycles. The van der Waals surface area contributed by atoms with Crippen LogP contribution >= 0.6 is 0 Å². The quantitative estimate of drug-likeness (QED) is 0.662. The summed E-state index contributed by atoms with van der Waals surface area (Å²) >= 11 is 0. The van der Waals surface area contributed by atoms with E-state index in [-0.39, 0.29) is 22.8 Å². The molecule has 2 heterocycles. The molecule has 0 bridgehead atoms. The fourth-order valence-electron chi connectivity index (χ4n) is 3.04. The number of aromatic nitrogens is 1. The number of carbonyl (C=O) groups is 2. The van der Waals surface area contributed by atoms with Crippen LogP contribution < -0.4 is 5.32 Å².